The van der Waals surface area contributed by atoms with Gasteiger partial charge in [0.15, 0.2) is 5.82 Å². The molecule has 0 spiro atoms. The Hall–Kier alpha value is -2.28. The van der Waals surface area contributed by atoms with Gasteiger partial charge in [0, 0.05) is 19.3 Å². The number of anilines is 2. The molecule has 1 aliphatic heterocycles. The Labute approximate surface area is 110 Å². The van der Waals surface area contributed by atoms with E-state index in [9.17, 15) is 0 Å². The Morgan fingerprint density at radius 1 is 1.11 bits per heavy atom. The molecule has 7 heteroatoms. The highest BCUT2D eigenvalue weighted by Gasteiger charge is 2.16. The van der Waals surface area contributed by atoms with E-state index in [0.29, 0.717) is 30.7 Å². The number of hydrogen-bond donors (Lipinski definition) is 1. The smallest absolute Gasteiger partial charge is 0.230 e. The molecule has 0 bridgehead atoms. The molecule has 0 aliphatic carbocycles. The summed E-state index contributed by atoms with van der Waals surface area (Å²) in [6, 6.07) is 5.57. The number of hydrogen-bond acceptors (Lipinski definition) is 7. The minimum atomic E-state index is 0.206. The number of rotatable bonds is 2. The molecule has 3 rings (SSSR count). The highest BCUT2D eigenvalue weighted by Crippen LogP contribution is 2.17. The second kappa shape index (κ2) is 5.15. The predicted octanol–water partition coefficient (Wildman–Crippen LogP) is 0.352. The summed E-state index contributed by atoms with van der Waals surface area (Å²) in [7, 11) is 0. The Bertz CT molecular complexity index is 555. The van der Waals surface area contributed by atoms with E-state index in [4.69, 9.17) is 10.5 Å². The second-order valence-electron chi connectivity index (χ2n) is 4.13. The maximum absolute atomic E-state index is 5.76. The van der Waals surface area contributed by atoms with Crippen LogP contribution in [0.3, 0.4) is 0 Å². The van der Waals surface area contributed by atoms with Crippen molar-refractivity contribution >= 4 is 11.9 Å². The van der Waals surface area contributed by atoms with Gasteiger partial charge in [-0.1, -0.05) is 6.07 Å². The second-order valence-corrected chi connectivity index (χ2v) is 4.13. The number of ether oxygens (including phenoxy) is 1. The van der Waals surface area contributed by atoms with Crippen LogP contribution in [0.2, 0.25) is 0 Å². The largest absolute Gasteiger partial charge is 0.378 e. The molecule has 0 atom stereocenters. The molecule has 0 radical (unpaired) electrons. The van der Waals surface area contributed by atoms with Gasteiger partial charge in [-0.25, -0.2) is 0 Å². The van der Waals surface area contributed by atoms with Crippen molar-refractivity contribution in [2.45, 2.75) is 0 Å². The summed E-state index contributed by atoms with van der Waals surface area (Å²) in [6.45, 7) is 2.85. The van der Waals surface area contributed by atoms with Crippen LogP contribution < -0.4 is 10.6 Å². The fourth-order valence-corrected chi connectivity index (χ4v) is 1.90. The van der Waals surface area contributed by atoms with Crippen molar-refractivity contribution in [2.24, 2.45) is 0 Å². The fraction of sp³-hybridized carbons (Fsp3) is 0.333. The summed E-state index contributed by atoms with van der Waals surface area (Å²) < 4.78 is 5.31. The van der Waals surface area contributed by atoms with Crippen LogP contribution in [0.4, 0.5) is 11.9 Å². The van der Waals surface area contributed by atoms with Gasteiger partial charge in [-0.15, -0.1) is 0 Å². The van der Waals surface area contributed by atoms with Gasteiger partial charge in [0.25, 0.3) is 0 Å². The minimum absolute atomic E-state index is 0.206. The third kappa shape index (κ3) is 2.60. The maximum Gasteiger partial charge on any atom is 0.230 e. The lowest BCUT2D eigenvalue weighted by Gasteiger charge is -2.26. The standard InChI is InChI=1S/C12H14N6O/c13-11-15-10(9-3-1-2-4-14-9)16-12(17-11)18-5-7-19-8-6-18/h1-4H,5-8H2,(H2,13,15,16,17). The summed E-state index contributed by atoms with van der Waals surface area (Å²) in [6.07, 6.45) is 1.70. The van der Waals surface area contributed by atoms with Crippen molar-refractivity contribution in [1.29, 1.82) is 0 Å². The summed E-state index contributed by atoms with van der Waals surface area (Å²) in [5, 5.41) is 0. The van der Waals surface area contributed by atoms with E-state index in [1.165, 1.54) is 0 Å². The quantitative estimate of drug-likeness (QED) is 0.831. The van der Waals surface area contributed by atoms with E-state index in [1.807, 2.05) is 23.1 Å². The zero-order valence-corrected chi connectivity index (χ0v) is 10.4. The first-order chi connectivity index (χ1) is 9.33. The van der Waals surface area contributed by atoms with Crippen molar-refractivity contribution in [1.82, 2.24) is 19.9 Å². The summed E-state index contributed by atoms with van der Waals surface area (Å²) >= 11 is 0. The normalized spacial score (nSPS) is 15.5. The molecule has 0 unspecified atom stereocenters. The molecular weight excluding hydrogens is 244 g/mol. The first kappa shape index (κ1) is 11.8. The Balaban J connectivity index is 1.96. The van der Waals surface area contributed by atoms with E-state index in [2.05, 4.69) is 19.9 Å². The topological polar surface area (TPSA) is 90.0 Å². The van der Waals surface area contributed by atoms with Gasteiger partial charge < -0.3 is 15.4 Å². The molecule has 2 N–H and O–H groups in total. The van der Waals surface area contributed by atoms with Crippen LogP contribution in [-0.4, -0.2) is 46.2 Å². The molecular formula is C12H14N6O. The van der Waals surface area contributed by atoms with E-state index in [-0.39, 0.29) is 5.95 Å². The lowest BCUT2D eigenvalue weighted by molar-refractivity contribution is 0.122. The average Bonchev–Trinajstić information content (AvgIpc) is 2.48. The summed E-state index contributed by atoms with van der Waals surface area (Å²) in [4.78, 5) is 19.0. The van der Waals surface area contributed by atoms with Crippen molar-refractivity contribution < 1.29 is 4.74 Å². The monoisotopic (exact) mass is 258 g/mol. The zero-order valence-electron chi connectivity index (χ0n) is 10.4. The van der Waals surface area contributed by atoms with Crippen molar-refractivity contribution in [3.8, 4) is 11.5 Å². The fourth-order valence-electron chi connectivity index (χ4n) is 1.90. The molecule has 1 aliphatic rings. The molecule has 7 nitrogen and oxygen atoms in total. The Morgan fingerprint density at radius 2 is 1.95 bits per heavy atom. The first-order valence-electron chi connectivity index (χ1n) is 6.08. The van der Waals surface area contributed by atoms with E-state index in [0.717, 1.165) is 13.1 Å². The molecule has 2 aromatic heterocycles. The molecule has 98 valence electrons. The maximum atomic E-state index is 5.76. The first-order valence-corrected chi connectivity index (χ1v) is 6.08. The number of nitrogen functional groups attached to an aromatic ring is 1. The highest BCUT2D eigenvalue weighted by molar-refractivity contribution is 5.53. The lowest BCUT2D eigenvalue weighted by atomic mass is 10.3. The van der Waals surface area contributed by atoms with Gasteiger partial charge in [0.05, 0.1) is 13.2 Å². The Morgan fingerprint density at radius 3 is 2.68 bits per heavy atom. The van der Waals surface area contributed by atoms with Crippen molar-refractivity contribution in [3.05, 3.63) is 24.4 Å². The summed E-state index contributed by atoms with van der Waals surface area (Å²) in [5.41, 5.74) is 6.44. The van der Waals surface area contributed by atoms with Crippen molar-refractivity contribution in [2.75, 3.05) is 36.9 Å². The molecule has 0 aromatic carbocycles. The van der Waals surface area contributed by atoms with Crippen LogP contribution >= 0.6 is 0 Å². The third-order valence-electron chi connectivity index (χ3n) is 2.83. The molecule has 2 aromatic rings. The van der Waals surface area contributed by atoms with Crippen LogP contribution in [0, 0.1) is 0 Å². The van der Waals surface area contributed by atoms with Crippen LogP contribution in [0.25, 0.3) is 11.5 Å². The molecule has 3 heterocycles. The van der Waals surface area contributed by atoms with Gasteiger partial charge in [-0.2, -0.15) is 15.0 Å². The number of pyridine rings is 1. The van der Waals surface area contributed by atoms with Crippen LogP contribution in [0.15, 0.2) is 24.4 Å². The van der Waals surface area contributed by atoms with Crippen molar-refractivity contribution in [3.63, 3.8) is 0 Å². The molecule has 19 heavy (non-hydrogen) atoms. The molecule has 1 fully saturated rings. The van der Waals surface area contributed by atoms with Crippen LogP contribution in [-0.2, 0) is 4.74 Å². The average molecular weight is 258 g/mol. The van der Waals surface area contributed by atoms with Crippen LogP contribution in [0.5, 0.6) is 0 Å². The third-order valence-corrected chi connectivity index (χ3v) is 2.83. The molecule has 0 amide bonds. The number of morpholine rings is 1. The number of nitrogens with zero attached hydrogens (tertiary/aromatic N) is 5. The SMILES string of the molecule is Nc1nc(-c2ccccn2)nc(N2CCOCC2)n1. The lowest BCUT2D eigenvalue weighted by Crippen LogP contribution is -2.37. The van der Waals surface area contributed by atoms with Gasteiger partial charge >= 0.3 is 0 Å². The Kier molecular flexibility index (Phi) is 3.20. The summed E-state index contributed by atoms with van der Waals surface area (Å²) in [5.74, 6) is 1.28. The number of aromatic nitrogens is 4. The van der Waals surface area contributed by atoms with E-state index in [1.54, 1.807) is 6.20 Å². The number of nitrogens with two attached hydrogens (primary N) is 1. The zero-order chi connectivity index (χ0) is 13.1. The molecule has 0 saturated carbocycles. The van der Waals surface area contributed by atoms with Crippen LogP contribution in [0.1, 0.15) is 0 Å². The van der Waals surface area contributed by atoms with Gasteiger partial charge in [0.1, 0.15) is 5.69 Å². The van der Waals surface area contributed by atoms with Gasteiger partial charge in [0.2, 0.25) is 11.9 Å². The van der Waals surface area contributed by atoms with Gasteiger partial charge in [-0.05, 0) is 12.1 Å². The van der Waals surface area contributed by atoms with E-state index >= 15 is 0 Å². The van der Waals surface area contributed by atoms with E-state index < -0.39 is 0 Å². The predicted molar refractivity (Wildman–Crippen MR) is 70.5 cm³/mol. The highest BCUT2D eigenvalue weighted by atomic mass is 16.5. The molecule has 1 saturated heterocycles. The van der Waals surface area contributed by atoms with Gasteiger partial charge in [-0.3, -0.25) is 4.98 Å². The minimum Gasteiger partial charge on any atom is -0.378 e.